The molecule has 0 unspecified atom stereocenters. The Hall–Kier alpha value is -1.89. The molecule has 28 heavy (non-hydrogen) atoms. The van der Waals surface area contributed by atoms with Gasteiger partial charge in [-0.05, 0) is 43.9 Å². The van der Waals surface area contributed by atoms with Crippen LogP contribution in [0.15, 0.2) is 35.3 Å². The van der Waals surface area contributed by atoms with E-state index in [0.29, 0.717) is 13.0 Å². The number of guanidine groups is 1. The molecule has 1 heterocycles. The second-order valence-electron chi connectivity index (χ2n) is 6.84. The summed E-state index contributed by atoms with van der Waals surface area (Å²) in [5.41, 5.74) is 1.24. The number of hydrogen-bond donors (Lipinski definition) is 2. The van der Waals surface area contributed by atoms with Gasteiger partial charge in [0, 0.05) is 57.9 Å². The molecule has 0 radical (unpaired) electrons. The zero-order valence-electron chi connectivity index (χ0n) is 17.3. The number of nitrogens with zero attached hydrogens (tertiary/aromatic N) is 3. The third-order valence-electron chi connectivity index (χ3n) is 4.76. The topological polar surface area (TPSA) is 60.0 Å². The molecule has 1 amide bonds. The Bertz CT molecular complexity index is 588. The van der Waals surface area contributed by atoms with Crippen molar-refractivity contribution in [2.75, 3.05) is 62.7 Å². The van der Waals surface area contributed by atoms with Crippen molar-refractivity contribution in [3.63, 3.8) is 0 Å². The maximum Gasteiger partial charge on any atom is 0.224 e. The van der Waals surface area contributed by atoms with Gasteiger partial charge in [-0.15, -0.1) is 0 Å². The van der Waals surface area contributed by atoms with Crippen LogP contribution >= 0.6 is 11.8 Å². The lowest BCUT2D eigenvalue weighted by Crippen LogP contribution is -2.49. The van der Waals surface area contributed by atoms with Crippen LogP contribution in [0.4, 0.5) is 5.69 Å². The number of benzene rings is 1. The van der Waals surface area contributed by atoms with E-state index in [0.717, 1.165) is 51.6 Å². The van der Waals surface area contributed by atoms with Gasteiger partial charge in [-0.2, -0.15) is 11.8 Å². The fourth-order valence-electron chi connectivity index (χ4n) is 3.19. The first-order valence-electron chi connectivity index (χ1n) is 10.3. The van der Waals surface area contributed by atoms with Gasteiger partial charge in [0.15, 0.2) is 5.96 Å². The second-order valence-corrected chi connectivity index (χ2v) is 7.83. The molecule has 1 saturated heterocycles. The summed E-state index contributed by atoms with van der Waals surface area (Å²) in [6, 6.07) is 10.4. The highest BCUT2D eigenvalue weighted by Gasteiger charge is 2.20. The van der Waals surface area contributed by atoms with E-state index in [1.54, 1.807) is 0 Å². The fraction of sp³-hybridized carbons (Fsp3) is 0.619. The van der Waals surface area contributed by atoms with Gasteiger partial charge in [-0.1, -0.05) is 18.2 Å². The Morgan fingerprint density at radius 3 is 2.54 bits per heavy atom. The summed E-state index contributed by atoms with van der Waals surface area (Å²) in [7, 11) is 0. The number of unbranched alkanes of at least 4 members (excludes halogenated alkanes) is 1. The van der Waals surface area contributed by atoms with Crippen LogP contribution in [0.25, 0.3) is 0 Å². The predicted molar refractivity (Wildman–Crippen MR) is 121 cm³/mol. The lowest BCUT2D eigenvalue weighted by Gasteiger charge is -2.36. The van der Waals surface area contributed by atoms with Crippen molar-refractivity contribution in [2.24, 2.45) is 4.99 Å². The summed E-state index contributed by atoms with van der Waals surface area (Å²) in [5, 5.41) is 6.54. The lowest BCUT2D eigenvalue weighted by atomic mass is 10.2. The molecule has 0 saturated carbocycles. The molecule has 7 heteroatoms. The smallest absolute Gasteiger partial charge is 0.224 e. The van der Waals surface area contributed by atoms with Crippen LogP contribution in [-0.2, 0) is 4.79 Å². The molecule has 0 atom stereocenters. The molecule has 1 aromatic carbocycles. The van der Waals surface area contributed by atoms with Crippen LogP contribution in [0.1, 0.15) is 26.2 Å². The third kappa shape index (κ3) is 8.00. The van der Waals surface area contributed by atoms with Gasteiger partial charge in [0.1, 0.15) is 0 Å². The Morgan fingerprint density at radius 1 is 1.11 bits per heavy atom. The predicted octanol–water partition coefficient (Wildman–Crippen LogP) is 2.42. The number of rotatable bonds is 10. The summed E-state index contributed by atoms with van der Waals surface area (Å²) in [5.74, 6) is 2.22. The Balaban J connectivity index is 1.67. The minimum Gasteiger partial charge on any atom is -0.368 e. The number of anilines is 1. The van der Waals surface area contributed by atoms with Gasteiger partial charge in [0.25, 0.3) is 0 Å². The molecule has 1 aliphatic rings. The highest BCUT2D eigenvalue weighted by Crippen LogP contribution is 2.15. The highest BCUT2D eigenvalue weighted by atomic mass is 32.2. The average molecular weight is 406 g/mol. The van der Waals surface area contributed by atoms with Gasteiger partial charge < -0.3 is 20.4 Å². The first-order valence-corrected chi connectivity index (χ1v) is 11.7. The van der Waals surface area contributed by atoms with E-state index in [9.17, 15) is 4.79 Å². The van der Waals surface area contributed by atoms with Crippen molar-refractivity contribution in [3.05, 3.63) is 30.3 Å². The Morgan fingerprint density at radius 2 is 1.86 bits per heavy atom. The molecule has 0 aromatic heterocycles. The molecule has 1 aromatic rings. The molecule has 1 fully saturated rings. The van der Waals surface area contributed by atoms with Gasteiger partial charge in [-0.3, -0.25) is 9.79 Å². The van der Waals surface area contributed by atoms with Crippen molar-refractivity contribution in [3.8, 4) is 0 Å². The van der Waals surface area contributed by atoms with Crippen LogP contribution in [0.2, 0.25) is 0 Å². The SMILES string of the molecule is CCNC(=NCCCCSC)NCCC(=O)N1CCN(c2ccccc2)CC1. The first-order chi connectivity index (χ1) is 13.7. The van der Waals surface area contributed by atoms with Crippen LogP contribution in [0, 0.1) is 0 Å². The number of carbonyl (C=O) groups excluding carboxylic acids is 1. The van der Waals surface area contributed by atoms with E-state index < -0.39 is 0 Å². The largest absolute Gasteiger partial charge is 0.368 e. The van der Waals surface area contributed by atoms with E-state index in [4.69, 9.17) is 0 Å². The number of aliphatic imine (C=N–C) groups is 1. The molecule has 6 nitrogen and oxygen atoms in total. The van der Waals surface area contributed by atoms with Gasteiger partial charge >= 0.3 is 0 Å². The Kier molecular flexibility index (Phi) is 10.7. The number of hydrogen-bond acceptors (Lipinski definition) is 4. The van der Waals surface area contributed by atoms with Crippen molar-refractivity contribution < 1.29 is 4.79 Å². The second kappa shape index (κ2) is 13.3. The van der Waals surface area contributed by atoms with E-state index in [-0.39, 0.29) is 5.91 Å². The van der Waals surface area contributed by atoms with Crippen LogP contribution in [0.5, 0.6) is 0 Å². The van der Waals surface area contributed by atoms with E-state index in [2.05, 4.69) is 58.0 Å². The number of thioether (sulfide) groups is 1. The van der Waals surface area contributed by atoms with Crippen molar-refractivity contribution in [1.82, 2.24) is 15.5 Å². The molecule has 1 aliphatic heterocycles. The number of amides is 1. The third-order valence-corrected chi connectivity index (χ3v) is 5.45. The maximum absolute atomic E-state index is 12.5. The zero-order chi connectivity index (χ0) is 20.0. The summed E-state index contributed by atoms with van der Waals surface area (Å²) in [6.45, 7) is 7.69. The molecular formula is C21H35N5OS. The summed E-state index contributed by atoms with van der Waals surface area (Å²) in [4.78, 5) is 21.4. The average Bonchev–Trinajstić information content (AvgIpc) is 2.74. The summed E-state index contributed by atoms with van der Waals surface area (Å²) in [6.07, 6.45) is 4.93. The van der Waals surface area contributed by atoms with Crippen LogP contribution in [0.3, 0.4) is 0 Å². The molecule has 156 valence electrons. The number of para-hydroxylation sites is 1. The molecular weight excluding hydrogens is 370 g/mol. The zero-order valence-corrected chi connectivity index (χ0v) is 18.1. The highest BCUT2D eigenvalue weighted by molar-refractivity contribution is 7.98. The lowest BCUT2D eigenvalue weighted by molar-refractivity contribution is -0.131. The molecule has 0 bridgehead atoms. The van der Waals surface area contributed by atoms with Crippen molar-refractivity contribution in [2.45, 2.75) is 26.2 Å². The first kappa shape index (κ1) is 22.4. The van der Waals surface area contributed by atoms with Crippen molar-refractivity contribution in [1.29, 1.82) is 0 Å². The van der Waals surface area contributed by atoms with Gasteiger partial charge in [0.05, 0.1) is 0 Å². The van der Waals surface area contributed by atoms with Gasteiger partial charge in [-0.25, -0.2) is 0 Å². The standard InChI is InChI=1S/C21H35N5OS/c1-3-22-21(23-12-7-8-18-28-2)24-13-11-20(27)26-16-14-25(15-17-26)19-9-5-4-6-10-19/h4-6,9-10H,3,7-8,11-18H2,1-2H3,(H2,22,23,24). The maximum atomic E-state index is 12.5. The van der Waals surface area contributed by atoms with Gasteiger partial charge in [0.2, 0.25) is 5.91 Å². The number of nitrogens with one attached hydrogen (secondary N) is 2. The fourth-order valence-corrected chi connectivity index (χ4v) is 3.68. The molecule has 2 rings (SSSR count). The quantitative estimate of drug-likeness (QED) is 0.356. The molecule has 0 aliphatic carbocycles. The van der Waals surface area contributed by atoms with Crippen molar-refractivity contribution >= 4 is 29.3 Å². The van der Waals surface area contributed by atoms with Crippen LogP contribution < -0.4 is 15.5 Å². The summed E-state index contributed by atoms with van der Waals surface area (Å²) >= 11 is 1.88. The number of piperazine rings is 1. The molecule has 0 spiro atoms. The van der Waals surface area contributed by atoms with E-state index >= 15 is 0 Å². The normalized spacial score (nSPS) is 14.9. The van der Waals surface area contributed by atoms with Crippen LogP contribution in [-0.4, -0.2) is 74.6 Å². The molecule has 2 N–H and O–H groups in total. The Labute approximate surface area is 174 Å². The number of carbonyl (C=O) groups is 1. The minimum atomic E-state index is 0.219. The van der Waals surface area contributed by atoms with E-state index in [1.807, 2.05) is 22.7 Å². The minimum absolute atomic E-state index is 0.219. The van der Waals surface area contributed by atoms with E-state index in [1.165, 1.54) is 17.9 Å². The summed E-state index contributed by atoms with van der Waals surface area (Å²) < 4.78 is 0. The monoisotopic (exact) mass is 405 g/mol.